The zero-order valence-corrected chi connectivity index (χ0v) is 34.4. The maximum Gasteiger partial charge on any atom is 0.408 e. The molecule has 5 rings (SSSR count). The number of nitrogens with one attached hydrogen (secondary N) is 1. The fourth-order valence-corrected chi connectivity index (χ4v) is 7.81. The van der Waals surface area contributed by atoms with Crippen molar-refractivity contribution in [3.8, 4) is 0 Å². The number of imide groups is 1. The predicted octanol–water partition coefficient (Wildman–Crippen LogP) is 9.55. The van der Waals surface area contributed by atoms with Gasteiger partial charge in [-0.2, -0.15) is 0 Å². The Hall–Kier alpha value is -4.09. The lowest BCUT2D eigenvalue weighted by Crippen LogP contribution is -2.45. The molecule has 5 atom stereocenters. The van der Waals surface area contributed by atoms with Crippen LogP contribution in [0.3, 0.4) is 0 Å². The smallest absolute Gasteiger partial charge is 0.408 e. The van der Waals surface area contributed by atoms with Crippen molar-refractivity contribution >= 4 is 23.6 Å². The summed E-state index contributed by atoms with van der Waals surface area (Å²) in [6, 6.07) is 23.3. The number of rotatable bonds is 23. The van der Waals surface area contributed by atoms with Gasteiger partial charge in [0.15, 0.2) is 6.29 Å². The summed E-state index contributed by atoms with van der Waals surface area (Å²) in [6.07, 6.45) is 13.1. The second-order valence-corrected chi connectivity index (χ2v) is 15.8. The van der Waals surface area contributed by atoms with Gasteiger partial charge in [-0.05, 0) is 54.8 Å². The van der Waals surface area contributed by atoms with Gasteiger partial charge >= 0.3 is 6.09 Å². The predicted molar refractivity (Wildman–Crippen MR) is 223 cm³/mol. The van der Waals surface area contributed by atoms with Gasteiger partial charge < -0.3 is 29.5 Å². The molecule has 2 aliphatic heterocycles. The number of aliphatic hydroxyl groups excluding tert-OH is 1. The average molecular weight is 784 g/mol. The van der Waals surface area contributed by atoms with E-state index in [1.807, 2.05) is 66.7 Å². The number of alkyl carbamates (subject to hydrolysis) is 1. The van der Waals surface area contributed by atoms with E-state index >= 15 is 0 Å². The average Bonchev–Trinajstić information content (AvgIpc) is 3.51. The van der Waals surface area contributed by atoms with Gasteiger partial charge in [-0.15, -0.1) is 0 Å². The van der Waals surface area contributed by atoms with E-state index in [2.05, 4.69) is 31.0 Å². The minimum absolute atomic E-state index is 0.0227. The topological polar surface area (TPSA) is 118 Å². The SMILES string of the molecule is CCCCCCCCN(CCCCCCCC)C[C@H]1O[C@@H](c2ccc(N3C(=O)CC(NC(=O)OCc4ccccc4)C3=O)cc2)O[C@@H](c2ccc(CO)cc2)[C@H]1C. The van der Waals surface area contributed by atoms with Crippen LogP contribution < -0.4 is 10.2 Å². The number of nitrogens with zero attached hydrogens (tertiary/aromatic N) is 2. The van der Waals surface area contributed by atoms with Crippen LogP contribution in [0.2, 0.25) is 0 Å². The van der Waals surface area contributed by atoms with Crippen molar-refractivity contribution in [2.24, 2.45) is 5.92 Å². The highest BCUT2D eigenvalue weighted by Gasteiger charge is 2.42. The van der Waals surface area contributed by atoms with Gasteiger partial charge in [-0.25, -0.2) is 9.69 Å². The summed E-state index contributed by atoms with van der Waals surface area (Å²) in [4.78, 5) is 42.7. The van der Waals surface area contributed by atoms with Gasteiger partial charge in [0.25, 0.3) is 5.91 Å². The first-order chi connectivity index (χ1) is 27.8. The van der Waals surface area contributed by atoms with E-state index in [1.54, 1.807) is 12.1 Å². The summed E-state index contributed by atoms with van der Waals surface area (Å²) in [5.74, 6) is -0.853. The molecule has 2 fully saturated rings. The monoisotopic (exact) mass is 783 g/mol. The van der Waals surface area contributed by atoms with Crippen LogP contribution in [-0.4, -0.2) is 59.7 Å². The van der Waals surface area contributed by atoms with Gasteiger partial charge in [0, 0.05) is 18.0 Å². The highest BCUT2D eigenvalue weighted by molar-refractivity contribution is 6.22. The molecule has 3 aromatic carbocycles. The molecule has 1 unspecified atom stereocenters. The van der Waals surface area contributed by atoms with Crippen LogP contribution in [0.1, 0.15) is 139 Å². The van der Waals surface area contributed by atoms with Gasteiger partial charge in [0.05, 0.1) is 30.9 Å². The number of carbonyl (C=O) groups excluding carboxylic acids is 3. The number of unbranched alkanes of at least 4 members (excludes halogenated alkanes) is 10. The Morgan fingerprint density at radius 3 is 1.98 bits per heavy atom. The van der Waals surface area contributed by atoms with Crippen LogP contribution in [0.5, 0.6) is 0 Å². The largest absolute Gasteiger partial charge is 0.445 e. The van der Waals surface area contributed by atoms with Crippen molar-refractivity contribution in [1.29, 1.82) is 0 Å². The molecule has 10 nitrogen and oxygen atoms in total. The molecule has 0 saturated carbocycles. The molecule has 2 aliphatic rings. The zero-order valence-electron chi connectivity index (χ0n) is 34.4. The van der Waals surface area contributed by atoms with E-state index in [-0.39, 0.29) is 37.8 Å². The van der Waals surface area contributed by atoms with Gasteiger partial charge in [0.1, 0.15) is 12.6 Å². The number of aliphatic hydroxyl groups is 1. The van der Waals surface area contributed by atoms with E-state index in [0.29, 0.717) is 5.69 Å². The van der Waals surface area contributed by atoms with E-state index in [0.717, 1.165) is 46.8 Å². The van der Waals surface area contributed by atoms with Gasteiger partial charge in [-0.1, -0.05) is 152 Å². The Bertz CT molecular complexity index is 1640. The molecule has 0 spiro atoms. The number of ether oxygens (including phenoxy) is 3. The van der Waals surface area contributed by atoms with Crippen LogP contribution in [0.4, 0.5) is 10.5 Å². The molecule has 10 heteroatoms. The number of amides is 3. The fraction of sp³-hybridized carbons (Fsp3) is 0.553. The number of anilines is 1. The molecule has 0 aliphatic carbocycles. The summed E-state index contributed by atoms with van der Waals surface area (Å²) in [5.41, 5.74) is 3.89. The summed E-state index contributed by atoms with van der Waals surface area (Å²) >= 11 is 0. The molecule has 2 saturated heterocycles. The molecule has 0 aromatic heterocycles. The molecule has 0 radical (unpaired) electrons. The molecule has 3 aromatic rings. The molecule has 57 heavy (non-hydrogen) atoms. The Morgan fingerprint density at radius 1 is 0.772 bits per heavy atom. The molecular weight excluding hydrogens is 719 g/mol. The van der Waals surface area contributed by atoms with Crippen LogP contribution in [-0.2, 0) is 37.0 Å². The second-order valence-electron chi connectivity index (χ2n) is 15.8. The summed E-state index contributed by atoms with van der Waals surface area (Å²) in [6.45, 7) is 9.64. The third kappa shape index (κ3) is 13.2. The second kappa shape index (κ2) is 23.3. The lowest BCUT2D eigenvalue weighted by atomic mass is 9.90. The number of hydrogen-bond acceptors (Lipinski definition) is 8. The maximum absolute atomic E-state index is 13.4. The minimum Gasteiger partial charge on any atom is -0.445 e. The summed E-state index contributed by atoms with van der Waals surface area (Å²) in [7, 11) is 0. The summed E-state index contributed by atoms with van der Waals surface area (Å²) < 4.78 is 18.9. The highest BCUT2D eigenvalue weighted by Crippen LogP contribution is 2.42. The quantitative estimate of drug-likeness (QED) is 0.0722. The molecular formula is C47H65N3O7. The van der Waals surface area contributed by atoms with Crippen LogP contribution in [0.25, 0.3) is 0 Å². The lowest BCUT2D eigenvalue weighted by molar-refractivity contribution is -0.276. The maximum atomic E-state index is 13.4. The van der Waals surface area contributed by atoms with Crippen molar-refractivity contribution in [1.82, 2.24) is 10.2 Å². The van der Waals surface area contributed by atoms with Crippen LogP contribution in [0, 0.1) is 5.92 Å². The number of hydrogen-bond donors (Lipinski definition) is 2. The Balaban J connectivity index is 1.27. The third-order valence-corrected chi connectivity index (χ3v) is 11.3. The number of benzene rings is 3. The van der Waals surface area contributed by atoms with E-state index < -0.39 is 30.2 Å². The van der Waals surface area contributed by atoms with Gasteiger partial charge in [0.2, 0.25) is 5.91 Å². The highest BCUT2D eigenvalue weighted by atomic mass is 16.7. The van der Waals surface area contributed by atoms with E-state index in [4.69, 9.17) is 14.2 Å². The van der Waals surface area contributed by atoms with Crippen molar-refractivity contribution in [3.05, 3.63) is 101 Å². The molecule has 3 amide bonds. The lowest BCUT2D eigenvalue weighted by Gasteiger charge is -2.43. The zero-order chi connectivity index (χ0) is 40.4. The van der Waals surface area contributed by atoms with Crippen molar-refractivity contribution in [2.75, 3.05) is 24.5 Å². The molecule has 0 bridgehead atoms. The van der Waals surface area contributed by atoms with Crippen LogP contribution >= 0.6 is 0 Å². The molecule has 310 valence electrons. The van der Waals surface area contributed by atoms with Crippen molar-refractivity contribution < 1.29 is 33.7 Å². The third-order valence-electron chi connectivity index (χ3n) is 11.3. The van der Waals surface area contributed by atoms with Gasteiger partial charge in [-0.3, -0.25) is 9.59 Å². The van der Waals surface area contributed by atoms with Crippen molar-refractivity contribution in [3.63, 3.8) is 0 Å². The van der Waals surface area contributed by atoms with Crippen molar-refractivity contribution in [2.45, 2.75) is 142 Å². The first-order valence-corrected chi connectivity index (χ1v) is 21.5. The standard InChI is InChI=1S/C47H65N3O7/c1-4-6-8-10-12-17-29-49(30-18-13-11-9-7-5-2)32-42-35(3)44(38-23-21-36(33-51)22-24-38)57-46(56-42)39-25-27-40(28-26-39)50-43(52)31-41(45(50)53)48-47(54)55-34-37-19-15-14-16-20-37/h14-16,19-28,35,41-42,44,46,51H,4-13,17-18,29-34H2,1-3H3,(H,48,54)/t35-,41?,42+,44+,46+/m0/s1. The Morgan fingerprint density at radius 2 is 1.37 bits per heavy atom. The first-order valence-electron chi connectivity index (χ1n) is 21.5. The minimum atomic E-state index is -1.01. The summed E-state index contributed by atoms with van der Waals surface area (Å²) in [5, 5.41) is 12.3. The molecule has 2 heterocycles. The Kier molecular flexibility index (Phi) is 18.0. The Labute approximate surface area is 340 Å². The number of carbonyl (C=O) groups is 3. The van der Waals surface area contributed by atoms with E-state index in [1.165, 1.54) is 77.0 Å². The normalized spacial score (nSPS) is 21.0. The fourth-order valence-electron chi connectivity index (χ4n) is 7.81. The van der Waals surface area contributed by atoms with E-state index in [9.17, 15) is 19.5 Å². The van der Waals surface area contributed by atoms with Crippen LogP contribution in [0.15, 0.2) is 78.9 Å². The molecule has 2 N–H and O–H groups in total. The first kappa shape index (κ1) is 44.0.